The van der Waals surface area contributed by atoms with Crippen LogP contribution in [-0.2, 0) is 6.42 Å². The van der Waals surface area contributed by atoms with E-state index in [2.05, 4.69) is 10.3 Å². The molecule has 0 aliphatic carbocycles. The van der Waals surface area contributed by atoms with Crippen LogP contribution in [0.3, 0.4) is 0 Å². The van der Waals surface area contributed by atoms with Crippen molar-refractivity contribution in [2.75, 3.05) is 40.1 Å². The number of hydrogen-bond donors (Lipinski definition) is 1. The second-order valence-corrected chi connectivity index (χ2v) is 7.40. The molecular weight excluding hydrogens is 406 g/mol. The molecule has 0 aliphatic heterocycles. The van der Waals surface area contributed by atoms with Crippen LogP contribution in [0.25, 0.3) is 0 Å². The maximum Gasteiger partial charge on any atom is 0.336 e. The predicted molar refractivity (Wildman–Crippen MR) is 127 cm³/mol. The Balaban J connectivity index is 2.35. The molecule has 0 aliphatic rings. The summed E-state index contributed by atoms with van der Waals surface area (Å²) in [6, 6.07) is 19.5. The van der Waals surface area contributed by atoms with Crippen LogP contribution < -0.4 is 10.1 Å². The van der Waals surface area contributed by atoms with Gasteiger partial charge in [-0.1, -0.05) is 60.7 Å². The number of benzene rings is 2. The van der Waals surface area contributed by atoms with E-state index in [1.54, 1.807) is 7.05 Å². The Bertz CT molecular complexity index is 1060. The first-order valence-electron chi connectivity index (χ1n) is 10.2. The Morgan fingerprint density at radius 1 is 1.09 bits per heavy atom. The number of aliphatic imine (C=N–C) groups is 1. The number of hydrogen-bond acceptors (Lipinski definition) is 7. The minimum Gasteiger partial charge on any atom is -0.476 e. The summed E-state index contributed by atoms with van der Waals surface area (Å²) < 4.78 is 5.27. The zero-order valence-electron chi connectivity index (χ0n) is 18.7. The van der Waals surface area contributed by atoms with Gasteiger partial charge in [0.25, 0.3) is 5.88 Å². The lowest BCUT2D eigenvalue weighted by Crippen LogP contribution is -2.17. The summed E-state index contributed by atoms with van der Waals surface area (Å²) in [4.78, 5) is 22.9. The molecule has 0 unspecified atom stereocenters. The van der Waals surface area contributed by atoms with Crippen molar-refractivity contribution in [3.63, 3.8) is 0 Å². The molecule has 2 aromatic carbocycles. The predicted octanol–water partition coefficient (Wildman–Crippen LogP) is 4.31. The van der Waals surface area contributed by atoms with Crippen LogP contribution in [0.1, 0.15) is 16.7 Å². The molecule has 0 fully saturated rings. The molecule has 0 bridgehead atoms. The van der Waals surface area contributed by atoms with Crippen molar-refractivity contribution in [3.05, 3.63) is 87.5 Å². The van der Waals surface area contributed by atoms with Gasteiger partial charge in [0.15, 0.2) is 5.82 Å². The van der Waals surface area contributed by atoms with Gasteiger partial charge in [-0.2, -0.15) is 4.98 Å². The standard InChI is InChI=1S/C24H27N5O3/c1-25-23-21(19(15-16-28(2)3)22(29(30)31)24(27-23)32-4)26-20(17-11-7-5-8-12-17)18-13-9-6-10-14-18/h5-14H,15-16H2,1-4H3,(H,25,27). The van der Waals surface area contributed by atoms with E-state index in [1.807, 2.05) is 79.7 Å². The first-order chi connectivity index (χ1) is 15.5. The molecule has 8 nitrogen and oxygen atoms in total. The summed E-state index contributed by atoms with van der Waals surface area (Å²) >= 11 is 0. The van der Waals surface area contributed by atoms with Crippen molar-refractivity contribution < 1.29 is 9.66 Å². The first kappa shape index (κ1) is 22.9. The van der Waals surface area contributed by atoms with Crippen molar-refractivity contribution in [2.24, 2.45) is 4.99 Å². The summed E-state index contributed by atoms with van der Waals surface area (Å²) in [6.45, 7) is 0.603. The summed E-state index contributed by atoms with van der Waals surface area (Å²) in [5.41, 5.74) is 3.26. The lowest BCUT2D eigenvalue weighted by atomic mass is 10.0. The Morgan fingerprint density at radius 2 is 1.66 bits per heavy atom. The van der Waals surface area contributed by atoms with Crippen molar-refractivity contribution in [3.8, 4) is 5.88 Å². The number of methoxy groups -OCH3 is 1. The lowest BCUT2D eigenvalue weighted by molar-refractivity contribution is -0.386. The zero-order valence-corrected chi connectivity index (χ0v) is 18.7. The van der Waals surface area contributed by atoms with Gasteiger partial charge in [0.05, 0.1) is 23.3 Å². The second-order valence-electron chi connectivity index (χ2n) is 7.40. The van der Waals surface area contributed by atoms with E-state index in [0.717, 1.165) is 11.1 Å². The molecule has 32 heavy (non-hydrogen) atoms. The molecule has 166 valence electrons. The summed E-state index contributed by atoms with van der Waals surface area (Å²) in [7, 11) is 6.94. The van der Waals surface area contributed by atoms with Crippen LogP contribution in [-0.4, -0.2) is 55.3 Å². The zero-order chi connectivity index (χ0) is 23.1. The second kappa shape index (κ2) is 10.5. The topological polar surface area (TPSA) is 92.9 Å². The van der Waals surface area contributed by atoms with E-state index in [1.165, 1.54) is 7.11 Å². The highest BCUT2D eigenvalue weighted by Gasteiger charge is 2.29. The van der Waals surface area contributed by atoms with E-state index in [0.29, 0.717) is 35.7 Å². The fourth-order valence-electron chi connectivity index (χ4n) is 3.39. The minimum absolute atomic E-state index is 0.0342. The Labute approximate surface area is 187 Å². The molecule has 3 rings (SSSR count). The fraction of sp³-hybridized carbons (Fsp3) is 0.250. The van der Waals surface area contributed by atoms with Crippen LogP contribution in [0.4, 0.5) is 17.2 Å². The SMILES string of the molecule is CNc1nc(OC)c([N+](=O)[O-])c(CCN(C)C)c1N=C(c1ccccc1)c1ccccc1. The summed E-state index contributed by atoms with van der Waals surface area (Å²) in [6.07, 6.45) is 0.409. The van der Waals surface area contributed by atoms with Crippen molar-refractivity contribution in [2.45, 2.75) is 6.42 Å². The van der Waals surface area contributed by atoms with E-state index < -0.39 is 4.92 Å². The van der Waals surface area contributed by atoms with Crippen LogP contribution in [0.5, 0.6) is 5.88 Å². The molecule has 0 saturated carbocycles. The van der Waals surface area contributed by atoms with Gasteiger partial charge in [-0.25, -0.2) is 4.99 Å². The van der Waals surface area contributed by atoms with E-state index in [4.69, 9.17) is 9.73 Å². The van der Waals surface area contributed by atoms with Crippen LogP contribution in [0.2, 0.25) is 0 Å². The Hall–Kier alpha value is -3.78. The molecule has 0 spiro atoms. The third kappa shape index (κ3) is 5.09. The van der Waals surface area contributed by atoms with Crippen molar-refractivity contribution in [1.29, 1.82) is 0 Å². The average molecular weight is 434 g/mol. The third-order valence-corrected chi connectivity index (χ3v) is 4.95. The number of aromatic nitrogens is 1. The number of likely N-dealkylation sites (N-methyl/N-ethyl adjacent to an activating group) is 1. The molecule has 1 aromatic heterocycles. The monoisotopic (exact) mass is 433 g/mol. The van der Waals surface area contributed by atoms with E-state index >= 15 is 0 Å². The molecular formula is C24H27N5O3. The third-order valence-electron chi connectivity index (χ3n) is 4.95. The molecule has 0 atom stereocenters. The largest absolute Gasteiger partial charge is 0.476 e. The molecule has 1 heterocycles. The highest BCUT2D eigenvalue weighted by Crippen LogP contribution is 2.41. The van der Waals surface area contributed by atoms with Crippen molar-refractivity contribution in [1.82, 2.24) is 9.88 Å². The van der Waals surface area contributed by atoms with Gasteiger partial charge in [-0.05, 0) is 20.5 Å². The highest BCUT2D eigenvalue weighted by molar-refractivity contribution is 6.14. The number of nitrogens with zero attached hydrogens (tertiary/aromatic N) is 4. The molecule has 0 radical (unpaired) electrons. The molecule has 0 amide bonds. The van der Waals surface area contributed by atoms with Crippen LogP contribution in [0, 0.1) is 10.1 Å². The minimum atomic E-state index is -0.444. The van der Waals surface area contributed by atoms with Gasteiger partial charge in [0, 0.05) is 24.7 Å². The van der Waals surface area contributed by atoms with Gasteiger partial charge in [-0.3, -0.25) is 10.1 Å². The number of nitro groups is 1. The van der Waals surface area contributed by atoms with Gasteiger partial charge >= 0.3 is 5.69 Å². The molecule has 3 aromatic rings. The van der Waals surface area contributed by atoms with E-state index in [9.17, 15) is 10.1 Å². The normalized spacial score (nSPS) is 10.7. The first-order valence-corrected chi connectivity index (χ1v) is 10.2. The summed E-state index contributed by atoms with van der Waals surface area (Å²) in [5, 5.41) is 15.1. The molecule has 0 saturated heterocycles. The Kier molecular flexibility index (Phi) is 7.51. The van der Waals surface area contributed by atoms with Crippen molar-refractivity contribution >= 4 is 22.9 Å². The number of rotatable bonds is 9. The number of anilines is 1. The number of ether oxygens (including phenoxy) is 1. The quantitative estimate of drug-likeness (QED) is 0.307. The Morgan fingerprint density at radius 3 is 2.09 bits per heavy atom. The molecule has 8 heteroatoms. The van der Waals surface area contributed by atoms with Gasteiger partial charge in [0.1, 0.15) is 5.69 Å². The van der Waals surface area contributed by atoms with Crippen LogP contribution >= 0.6 is 0 Å². The number of nitrogens with one attached hydrogen (secondary N) is 1. The van der Waals surface area contributed by atoms with Crippen LogP contribution in [0.15, 0.2) is 65.7 Å². The summed E-state index contributed by atoms with van der Waals surface area (Å²) in [5.74, 6) is 0.388. The maximum atomic E-state index is 12.0. The van der Waals surface area contributed by atoms with Gasteiger partial charge in [-0.15, -0.1) is 0 Å². The van der Waals surface area contributed by atoms with Gasteiger partial charge in [0.2, 0.25) is 0 Å². The fourth-order valence-corrected chi connectivity index (χ4v) is 3.39. The van der Waals surface area contributed by atoms with E-state index in [-0.39, 0.29) is 11.6 Å². The number of pyridine rings is 1. The molecule has 1 N–H and O–H groups in total. The average Bonchev–Trinajstić information content (AvgIpc) is 2.81. The smallest absolute Gasteiger partial charge is 0.336 e. The highest BCUT2D eigenvalue weighted by atomic mass is 16.6. The maximum absolute atomic E-state index is 12.0. The lowest BCUT2D eigenvalue weighted by Gasteiger charge is -2.17. The van der Waals surface area contributed by atoms with Gasteiger partial charge < -0.3 is 15.0 Å².